The van der Waals surface area contributed by atoms with Crippen molar-refractivity contribution in [3.05, 3.63) is 42.1 Å². The van der Waals surface area contributed by atoms with Crippen LogP contribution in [0.1, 0.15) is 25.8 Å². The number of hydrogen-bond acceptors (Lipinski definition) is 3. The Morgan fingerprint density at radius 1 is 1.24 bits per heavy atom. The number of pyridine rings is 1. The van der Waals surface area contributed by atoms with Crippen LogP contribution < -0.4 is 5.32 Å². The molecule has 5 nitrogen and oxygen atoms in total. The fourth-order valence-corrected chi connectivity index (χ4v) is 2.71. The summed E-state index contributed by atoms with van der Waals surface area (Å²) in [7, 11) is 0. The fraction of sp³-hybridized carbons (Fsp3) is 0.312. The van der Waals surface area contributed by atoms with Crippen LogP contribution in [0, 0.1) is 0 Å². The highest BCUT2D eigenvalue weighted by Crippen LogP contribution is 2.28. The number of aromatic nitrogens is 1. The molecule has 0 radical (unpaired) electrons. The Morgan fingerprint density at radius 3 is 2.76 bits per heavy atom. The lowest BCUT2D eigenvalue weighted by atomic mass is 9.96. The summed E-state index contributed by atoms with van der Waals surface area (Å²) in [6.07, 6.45) is 2.31. The molecule has 3 amide bonds. The molecule has 1 fully saturated rings. The van der Waals surface area contributed by atoms with E-state index in [1.54, 1.807) is 18.0 Å². The Balaban J connectivity index is 2.02. The summed E-state index contributed by atoms with van der Waals surface area (Å²) in [6, 6.07) is 9.37. The number of fused-ring (bicyclic) bond motifs is 1. The monoisotopic (exact) mass is 283 g/mol. The molecule has 1 aliphatic heterocycles. The van der Waals surface area contributed by atoms with Gasteiger partial charge in [-0.2, -0.15) is 0 Å². The van der Waals surface area contributed by atoms with E-state index in [0.29, 0.717) is 13.0 Å². The number of amides is 3. The highest BCUT2D eigenvalue weighted by molar-refractivity contribution is 6.06. The molecule has 0 aliphatic carbocycles. The predicted octanol–water partition coefficient (Wildman–Crippen LogP) is 2.46. The Hall–Kier alpha value is -2.43. The van der Waals surface area contributed by atoms with Crippen molar-refractivity contribution < 1.29 is 9.59 Å². The molecule has 1 aliphatic rings. The molecular weight excluding hydrogens is 266 g/mol. The maximum atomic E-state index is 12.1. The predicted molar refractivity (Wildman–Crippen MR) is 79.5 cm³/mol. The number of urea groups is 1. The molecular formula is C16H17N3O2. The van der Waals surface area contributed by atoms with Gasteiger partial charge in [0.05, 0.1) is 5.52 Å². The molecule has 1 N–H and O–H groups in total. The molecule has 0 saturated carbocycles. The minimum Gasteiger partial charge on any atom is -0.306 e. The second-order valence-electron chi connectivity index (χ2n) is 5.46. The summed E-state index contributed by atoms with van der Waals surface area (Å²) >= 11 is 0. The second kappa shape index (κ2) is 4.84. The van der Waals surface area contributed by atoms with Crippen molar-refractivity contribution in [3.8, 4) is 0 Å². The van der Waals surface area contributed by atoms with E-state index in [2.05, 4.69) is 10.3 Å². The highest BCUT2D eigenvalue weighted by Gasteiger charge is 2.47. The highest BCUT2D eigenvalue weighted by atomic mass is 16.2. The van der Waals surface area contributed by atoms with Crippen LogP contribution in [-0.4, -0.2) is 27.4 Å². The van der Waals surface area contributed by atoms with Gasteiger partial charge >= 0.3 is 6.03 Å². The van der Waals surface area contributed by atoms with Gasteiger partial charge in [-0.05, 0) is 31.0 Å². The van der Waals surface area contributed by atoms with Crippen LogP contribution in [0.25, 0.3) is 10.9 Å². The Morgan fingerprint density at radius 2 is 2.00 bits per heavy atom. The van der Waals surface area contributed by atoms with Gasteiger partial charge in [-0.15, -0.1) is 0 Å². The number of carbonyl (C=O) groups is 2. The Kier molecular flexibility index (Phi) is 3.12. The molecule has 2 aromatic rings. The van der Waals surface area contributed by atoms with E-state index in [1.807, 2.05) is 37.3 Å². The third kappa shape index (κ3) is 2.05. The van der Waals surface area contributed by atoms with Crippen LogP contribution in [0.2, 0.25) is 0 Å². The van der Waals surface area contributed by atoms with Crippen molar-refractivity contribution in [2.24, 2.45) is 0 Å². The second-order valence-corrected chi connectivity index (χ2v) is 5.46. The van der Waals surface area contributed by atoms with Crippen LogP contribution >= 0.6 is 0 Å². The van der Waals surface area contributed by atoms with E-state index in [9.17, 15) is 9.59 Å². The molecule has 1 atom stereocenters. The molecule has 1 aromatic heterocycles. The zero-order valence-corrected chi connectivity index (χ0v) is 12.1. The van der Waals surface area contributed by atoms with Gasteiger partial charge in [0.1, 0.15) is 5.54 Å². The number of nitrogens with zero attached hydrogens (tertiary/aromatic N) is 2. The standard InChI is InChI=1S/C16H17N3O2/c1-3-16(2)14(20)18-15(21)19(16)10-11-8-9-17-13-7-5-4-6-12(11)13/h4-9H,3,10H2,1-2H3,(H,18,20,21). The molecule has 0 bridgehead atoms. The lowest BCUT2D eigenvalue weighted by Crippen LogP contribution is -2.46. The smallest absolute Gasteiger partial charge is 0.306 e. The Labute approximate surface area is 123 Å². The van der Waals surface area contributed by atoms with Crippen molar-refractivity contribution in [1.82, 2.24) is 15.2 Å². The average Bonchev–Trinajstić information content (AvgIpc) is 2.71. The van der Waals surface area contributed by atoms with Crippen LogP contribution in [0.5, 0.6) is 0 Å². The van der Waals surface area contributed by atoms with E-state index in [0.717, 1.165) is 16.5 Å². The SMILES string of the molecule is CCC1(C)C(=O)NC(=O)N1Cc1ccnc2ccccc12. The van der Waals surface area contributed by atoms with Crippen molar-refractivity contribution in [2.75, 3.05) is 0 Å². The summed E-state index contributed by atoms with van der Waals surface area (Å²) in [4.78, 5) is 30.0. The first-order valence-electron chi connectivity index (χ1n) is 7.02. The zero-order chi connectivity index (χ0) is 15.0. The number of rotatable bonds is 3. The average molecular weight is 283 g/mol. The molecule has 5 heteroatoms. The molecule has 3 rings (SSSR count). The number of benzene rings is 1. The number of hydrogen-bond donors (Lipinski definition) is 1. The quantitative estimate of drug-likeness (QED) is 0.880. The maximum absolute atomic E-state index is 12.1. The number of nitrogens with one attached hydrogen (secondary N) is 1. The molecule has 1 aromatic carbocycles. The van der Waals surface area contributed by atoms with Gasteiger partial charge < -0.3 is 4.90 Å². The summed E-state index contributed by atoms with van der Waals surface area (Å²) in [6.45, 7) is 4.11. The fourth-order valence-electron chi connectivity index (χ4n) is 2.71. The molecule has 21 heavy (non-hydrogen) atoms. The summed E-state index contributed by atoms with van der Waals surface area (Å²) < 4.78 is 0. The van der Waals surface area contributed by atoms with Gasteiger partial charge in [0.15, 0.2) is 0 Å². The lowest BCUT2D eigenvalue weighted by Gasteiger charge is -2.31. The van der Waals surface area contributed by atoms with Gasteiger partial charge in [-0.25, -0.2) is 4.79 Å². The third-order valence-corrected chi connectivity index (χ3v) is 4.31. The summed E-state index contributed by atoms with van der Waals surface area (Å²) in [5.74, 6) is -0.228. The van der Waals surface area contributed by atoms with E-state index >= 15 is 0 Å². The van der Waals surface area contributed by atoms with E-state index in [1.165, 1.54) is 0 Å². The lowest BCUT2D eigenvalue weighted by molar-refractivity contribution is -0.126. The van der Waals surface area contributed by atoms with Crippen LogP contribution in [0.4, 0.5) is 4.79 Å². The maximum Gasteiger partial charge on any atom is 0.325 e. The first-order valence-corrected chi connectivity index (χ1v) is 7.02. The van der Waals surface area contributed by atoms with Gasteiger partial charge in [-0.1, -0.05) is 25.1 Å². The first kappa shape index (κ1) is 13.5. The van der Waals surface area contributed by atoms with E-state index in [-0.39, 0.29) is 11.9 Å². The van der Waals surface area contributed by atoms with Crippen molar-refractivity contribution in [3.63, 3.8) is 0 Å². The van der Waals surface area contributed by atoms with Crippen molar-refractivity contribution in [1.29, 1.82) is 0 Å². The third-order valence-electron chi connectivity index (χ3n) is 4.31. The largest absolute Gasteiger partial charge is 0.325 e. The van der Waals surface area contributed by atoms with E-state index < -0.39 is 5.54 Å². The molecule has 2 heterocycles. The van der Waals surface area contributed by atoms with Crippen LogP contribution in [0.3, 0.4) is 0 Å². The van der Waals surface area contributed by atoms with Crippen LogP contribution in [-0.2, 0) is 11.3 Å². The molecule has 1 saturated heterocycles. The zero-order valence-electron chi connectivity index (χ0n) is 12.1. The minimum absolute atomic E-state index is 0.228. The number of carbonyl (C=O) groups excluding carboxylic acids is 2. The molecule has 0 spiro atoms. The molecule has 108 valence electrons. The first-order chi connectivity index (χ1) is 10.1. The van der Waals surface area contributed by atoms with Gasteiger partial charge in [0, 0.05) is 18.1 Å². The molecule has 1 unspecified atom stereocenters. The summed E-state index contributed by atoms with van der Waals surface area (Å²) in [5.41, 5.74) is 1.09. The normalized spacial score (nSPS) is 21.9. The summed E-state index contributed by atoms with van der Waals surface area (Å²) in [5, 5.41) is 3.41. The van der Waals surface area contributed by atoms with Gasteiger partial charge in [0.2, 0.25) is 0 Å². The van der Waals surface area contributed by atoms with Crippen LogP contribution in [0.15, 0.2) is 36.5 Å². The van der Waals surface area contributed by atoms with E-state index in [4.69, 9.17) is 0 Å². The Bertz CT molecular complexity index is 723. The minimum atomic E-state index is -0.790. The topological polar surface area (TPSA) is 62.3 Å². The van der Waals surface area contributed by atoms with Crippen molar-refractivity contribution >= 4 is 22.8 Å². The number of para-hydroxylation sites is 1. The number of imide groups is 1. The van der Waals surface area contributed by atoms with Crippen molar-refractivity contribution in [2.45, 2.75) is 32.4 Å². The van der Waals surface area contributed by atoms with Gasteiger partial charge in [0.25, 0.3) is 5.91 Å². The van der Waals surface area contributed by atoms with Gasteiger partial charge in [-0.3, -0.25) is 15.1 Å².